The summed E-state index contributed by atoms with van der Waals surface area (Å²) < 4.78 is 0. The van der Waals surface area contributed by atoms with Gasteiger partial charge in [0.15, 0.2) is 0 Å². The van der Waals surface area contributed by atoms with E-state index >= 15 is 0 Å². The summed E-state index contributed by atoms with van der Waals surface area (Å²) in [7, 11) is 3.52. The molecule has 2 aromatic carbocycles. The topological polar surface area (TPSA) is 55.9 Å². The lowest BCUT2D eigenvalue weighted by atomic mass is 10.1. The number of piperazine rings is 1. The van der Waals surface area contributed by atoms with Gasteiger partial charge in [-0.15, -0.1) is 0 Å². The fourth-order valence-electron chi connectivity index (χ4n) is 3.56. The molecule has 7 heteroatoms. The van der Waals surface area contributed by atoms with Crippen molar-refractivity contribution in [2.45, 2.75) is 24.8 Å². The summed E-state index contributed by atoms with van der Waals surface area (Å²) in [5.41, 5.74) is 3.32. The molecule has 1 heterocycles. The summed E-state index contributed by atoms with van der Waals surface area (Å²) in [6.45, 7) is 7.05. The number of amides is 2. The van der Waals surface area contributed by atoms with Gasteiger partial charge in [-0.1, -0.05) is 37.3 Å². The SMILES string of the molecule is CCc1ccccc1NC(=O)CN1CCN(Cc2ccc(SC(=O)N(C)C)cc2)CC1. The van der Waals surface area contributed by atoms with Gasteiger partial charge in [0.05, 0.1) is 6.54 Å². The zero-order valence-corrected chi connectivity index (χ0v) is 19.5. The minimum absolute atomic E-state index is 0.0334. The maximum Gasteiger partial charge on any atom is 0.285 e. The minimum Gasteiger partial charge on any atom is -0.339 e. The second-order valence-electron chi connectivity index (χ2n) is 8.02. The number of aryl methyl sites for hydroxylation is 1. The Kier molecular flexibility index (Phi) is 8.51. The van der Waals surface area contributed by atoms with Crippen LogP contribution in [-0.2, 0) is 17.8 Å². The van der Waals surface area contributed by atoms with Gasteiger partial charge < -0.3 is 10.2 Å². The number of rotatable bonds is 7. The van der Waals surface area contributed by atoms with E-state index in [2.05, 4.69) is 40.2 Å². The van der Waals surface area contributed by atoms with Gasteiger partial charge in [-0.25, -0.2) is 0 Å². The van der Waals surface area contributed by atoms with E-state index in [1.54, 1.807) is 19.0 Å². The molecule has 31 heavy (non-hydrogen) atoms. The van der Waals surface area contributed by atoms with Crippen molar-refractivity contribution in [3.63, 3.8) is 0 Å². The molecule has 6 nitrogen and oxygen atoms in total. The zero-order valence-electron chi connectivity index (χ0n) is 18.6. The van der Waals surface area contributed by atoms with Gasteiger partial charge >= 0.3 is 0 Å². The lowest BCUT2D eigenvalue weighted by Gasteiger charge is -2.34. The quantitative estimate of drug-likeness (QED) is 0.664. The smallest absolute Gasteiger partial charge is 0.285 e. The maximum absolute atomic E-state index is 12.5. The molecule has 2 amide bonds. The van der Waals surface area contributed by atoms with Crippen molar-refractivity contribution in [3.05, 3.63) is 59.7 Å². The molecule has 0 atom stereocenters. The predicted octanol–water partition coefficient (Wildman–Crippen LogP) is 3.78. The Morgan fingerprint density at radius 1 is 0.968 bits per heavy atom. The first-order valence-corrected chi connectivity index (χ1v) is 11.6. The van der Waals surface area contributed by atoms with Crippen molar-refractivity contribution in [1.29, 1.82) is 0 Å². The Bertz CT molecular complexity index is 877. The number of benzene rings is 2. The number of para-hydroxylation sites is 1. The lowest BCUT2D eigenvalue weighted by molar-refractivity contribution is -0.117. The van der Waals surface area contributed by atoms with Crippen LogP contribution in [0, 0.1) is 0 Å². The molecular weight excluding hydrogens is 408 g/mol. The molecule has 0 saturated carbocycles. The van der Waals surface area contributed by atoms with Crippen molar-refractivity contribution in [2.24, 2.45) is 0 Å². The number of thioether (sulfide) groups is 1. The van der Waals surface area contributed by atoms with Crippen molar-refractivity contribution in [2.75, 3.05) is 52.1 Å². The molecule has 0 radical (unpaired) electrons. The molecule has 0 spiro atoms. The van der Waals surface area contributed by atoms with E-state index < -0.39 is 0 Å². The van der Waals surface area contributed by atoms with Gasteiger partial charge in [0, 0.05) is 57.4 Å². The van der Waals surface area contributed by atoms with Crippen LogP contribution in [0.3, 0.4) is 0 Å². The number of hydrogen-bond acceptors (Lipinski definition) is 5. The predicted molar refractivity (Wildman–Crippen MR) is 128 cm³/mol. The summed E-state index contributed by atoms with van der Waals surface area (Å²) in [6.07, 6.45) is 0.904. The van der Waals surface area contributed by atoms with Crippen LogP contribution in [0.1, 0.15) is 18.1 Å². The molecule has 3 rings (SSSR count). The summed E-state index contributed by atoms with van der Waals surface area (Å²) in [5.74, 6) is 0.0507. The van der Waals surface area contributed by atoms with Crippen LogP contribution in [0.15, 0.2) is 53.4 Å². The third-order valence-corrected chi connectivity index (χ3v) is 6.45. The van der Waals surface area contributed by atoms with Crippen LogP contribution in [0.2, 0.25) is 0 Å². The average Bonchev–Trinajstić information content (AvgIpc) is 2.76. The molecule has 1 aliphatic heterocycles. The van der Waals surface area contributed by atoms with Gasteiger partial charge in [0.1, 0.15) is 0 Å². The van der Waals surface area contributed by atoms with Gasteiger partial charge in [-0.3, -0.25) is 19.4 Å². The van der Waals surface area contributed by atoms with Gasteiger partial charge in [0.25, 0.3) is 5.24 Å². The number of carbonyl (C=O) groups is 2. The first-order chi connectivity index (χ1) is 14.9. The van der Waals surface area contributed by atoms with Crippen molar-refractivity contribution < 1.29 is 9.59 Å². The van der Waals surface area contributed by atoms with E-state index in [0.29, 0.717) is 6.54 Å². The van der Waals surface area contributed by atoms with Crippen molar-refractivity contribution in [3.8, 4) is 0 Å². The fraction of sp³-hybridized carbons (Fsp3) is 0.417. The molecule has 166 valence electrons. The fourth-order valence-corrected chi connectivity index (χ4v) is 4.22. The van der Waals surface area contributed by atoms with Crippen LogP contribution >= 0.6 is 11.8 Å². The van der Waals surface area contributed by atoms with E-state index in [-0.39, 0.29) is 11.1 Å². The number of carbonyl (C=O) groups excluding carboxylic acids is 2. The third kappa shape index (κ3) is 7.09. The molecule has 0 unspecified atom stereocenters. The van der Waals surface area contributed by atoms with Crippen molar-refractivity contribution in [1.82, 2.24) is 14.7 Å². The Balaban J connectivity index is 1.42. The first kappa shape index (κ1) is 23.3. The van der Waals surface area contributed by atoms with Crippen LogP contribution in [0.25, 0.3) is 0 Å². The summed E-state index contributed by atoms with van der Waals surface area (Å²) in [4.78, 5) is 31.5. The number of anilines is 1. The summed E-state index contributed by atoms with van der Waals surface area (Å²) >= 11 is 1.24. The van der Waals surface area contributed by atoms with E-state index in [4.69, 9.17) is 0 Å². The van der Waals surface area contributed by atoms with Crippen LogP contribution in [0.5, 0.6) is 0 Å². The first-order valence-electron chi connectivity index (χ1n) is 10.7. The number of hydrogen-bond donors (Lipinski definition) is 1. The Labute approximate surface area is 189 Å². The van der Waals surface area contributed by atoms with Gasteiger partial charge in [-0.2, -0.15) is 0 Å². The zero-order chi connectivity index (χ0) is 22.2. The highest BCUT2D eigenvalue weighted by Crippen LogP contribution is 2.21. The largest absolute Gasteiger partial charge is 0.339 e. The molecule has 1 aliphatic rings. The van der Waals surface area contributed by atoms with E-state index in [9.17, 15) is 9.59 Å². The molecule has 1 N–H and O–H groups in total. The molecule has 2 aromatic rings. The van der Waals surface area contributed by atoms with E-state index in [1.807, 2.05) is 30.3 Å². The molecule has 0 bridgehead atoms. The van der Waals surface area contributed by atoms with Gasteiger partial charge in [-0.05, 0) is 47.5 Å². The third-order valence-electron chi connectivity index (χ3n) is 5.40. The van der Waals surface area contributed by atoms with E-state index in [0.717, 1.165) is 55.3 Å². The maximum atomic E-state index is 12.5. The summed E-state index contributed by atoms with van der Waals surface area (Å²) in [5, 5.41) is 3.10. The normalized spacial score (nSPS) is 14.9. The highest BCUT2D eigenvalue weighted by molar-refractivity contribution is 8.13. The Morgan fingerprint density at radius 3 is 2.26 bits per heavy atom. The highest BCUT2D eigenvalue weighted by Gasteiger charge is 2.19. The molecule has 1 saturated heterocycles. The Hall–Kier alpha value is -2.35. The standard InChI is InChI=1S/C24H32N4O2S/c1-4-20-7-5-6-8-22(20)25-23(29)18-28-15-13-27(14-16-28)17-19-9-11-21(12-10-19)31-24(30)26(2)3/h5-12H,4,13-18H2,1-3H3,(H,25,29). The highest BCUT2D eigenvalue weighted by atomic mass is 32.2. The summed E-state index contributed by atoms with van der Waals surface area (Å²) in [6, 6.07) is 16.2. The van der Waals surface area contributed by atoms with Crippen LogP contribution < -0.4 is 5.32 Å². The second kappa shape index (κ2) is 11.3. The van der Waals surface area contributed by atoms with Crippen molar-refractivity contribution >= 4 is 28.6 Å². The molecule has 1 fully saturated rings. The number of nitrogens with one attached hydrogen (secondary N) is 1. The minimum atomic E-state index is 0.0334. The van der Waals surface area contributed by atoms with E-state index in [1.165, 1.54) is 17.3 Å². The average molecular weight is 441 g/mol. The molecule has 0 aliphatic carbocycles. The van der Waals surface area contributed by atoms with Gasteiger partial charge in [0.2, 0.25) is 5.91 Å². The van der Waals surface area contributed by atoms with Crippen LogP contribution in [0.4, 0.5) is 10.5 Å². The lowest BCUT2D eigenvalue weighted by Crippen LogP contribution is -2.48. The second-order valence-corrected chi connectivity index (χ2v) is 9.04. The number of nitrogens with zero attached hydrogens (tertiary/aromatic N) is 3. The van der Waals surface area contributed by atoms with Crippen LogP contribution in [-0.4, -0.2) is 72.7 Å². The monoisotopic (exact) mass is 440 g/mol. The molecule has 0 aromatic heterocycles. The molecular formula is C24H32N4O2S. The Morgan fingerprint density at radius 2 is 1.61 bits per heavy atom.